The van der Waals surface area contributed by atoms with Gasteiger partial charge >= 0.3 is 0 Å². The zero-order chi connectivity index (χ0) is 11.1. The summed E-state index contributed by atoms with van der Waals surface area (Å²) in [4.78, 5) is 2.33. The maximum Gasteiger partial charge on any atom is 0.0858 e. The van der Waals surface area contributed by atoms with Crippen molar-refractivity contribution < 1.29 is 4.74 Å². The van der Waals surface area contributed by atoms with Crippen LogP contribution in [0.2, 0.25) is 0 Å². The topological polar surface area (TPSA) is 24.5 Å². The van der Waals surface area contributed by atoms with Crippen LogP contribution in [0.4, 0.5) is 0 Å². The molecular weight excluding hydrogens is 188 g/mol. The molecule has 88 valence electrons. The Balaban J connectivity index is 2.41. The Labute approximate surface area is 93.5 Å². The SMILES string of the molecule is C=CCC(NCCC)C1CN(C)CCO1. The van der Waals surface area contributed by atoms with Crippen molar-refractivity contribution in [3.05, 3.63) is 12.7 Å². The highest BCUT2D eigenvalue weighted by Crippen LogP contribution is 2.10. The van der Waals surface area contributed by atoms with Gasteiger partial charge in [-0.1, -0.05) is 13.0 Å². The Morgan fingerprint density at radius 1 is 1.67 bits per heavy atom. The molecule has 0 spiro atoms. The Kier molecular flexibility index (Phi) is 5.91. The van der Waals surface area contributed by atoms with Crippen molar-refractivity contribution in [1.82, 2.24) is 10.2 Å². The second-order valence-electron chi connectivity index (χ2n) is 4.26. The molecule has 0 aromatic carbocycles. The Morgan fingerprint density at radius 3 is 3.07 bits per heavy atom. The van der Waals surface area contributed by atoms with Crippen LogP contribution in [-0.2, 0) is 4.74 Å². The van der Waals surface area contributed by atoms with Crippen LogP contribution in [0.3, 0.4) is 0 Å². The van der Waals surface area contributed by atoms with Crippen molar-refractivity contribution in [1.29, 1.82) is 0 Å². The quantitative estimate of drug-likeness (QED) is 0.671. The molecule has 0 bridgehead atoms. The second kappa shape index (κ2) is 6.99. The number of rotatable bonds is 6. The van der Waals surface area contributed by atoms with Crippen LogP contribution in [-0.4, -0.2) is 50.3 Å². The van der Waals surface area contributed by atoms with E-state index in [1.807, 2.05) is 6.08 Å². The van der Waals surface area contributed by atoms with E-state index >= 15 is 0 Å². The van der Waals surface area contributed by atoms with E-state index in [9.17, 15) is 0 Å². The zero-order valence-electron chi connectivity index (χ0n) is 10.0. The summed E-state index contributed by atoms with van der Waals surface area (Å²) in [5.41, 5.74) is 0. The van der Waals surface area contributed by atoms with Crippen LogP contribution >= 0.6 is 0 Å². The third-order valence-electron chi connectivity index (χ3n) is 2.82. The molecule has 1 N–H and O–H groups in total. The van der Waals surface area contributed by atoms with Gasteiger partial charge in [0.15, 0.2) is 0 Å². The fourth-order valence-electron chi connectivity index (χ4n) is 1.93. The molecule has 2 atom stereocenters. The van der Waals surface area contributed by atoms with E-state index in [1.165, 1.54) is 0 Å². The average Bonchev–Trinajstić information content (AvgIpc) is 2.24. The van der Waals surface area contributed by atoms with Gasteiger partial charge in [0, 0.05) is 19.1 Å². The molecule has 2 unspecified atom stereocenters. The summed E-state index contributed by atoms with van der Waals surface area (Å²) < 4.78 is 5.81. The minimum absolute atomic E-state index is 0.313. The molecule has 0 saturated carbocycles. The number of likely N-dealkylation sites (N-methyl/N-ethyl adjacent to an activating group) is 1. The van der Waals surface area contributed by atoms with Crippen LogP contribution in [0.1, 0.15) is 19.8 Å². The highest BCUT2D eigenvalue weighted by Gasteiger charge is 2.25. The monoisotopic (exact) mass is 212 g/mol. The van der Waals surface area contributed by atoms with Gasteiger partial charge < -0.3 is 15.0 Å². The lowest BCUT2D eigenvalue weighted by molar-refractivity contribution is -0.0379. The molecule has 0 aromatic heterocycles. The lowest BCUT2D eigenvalue weighted by atomic mass is 10.1. The summed E-state index contributed by atoms with van der Waals surface area (Å²) in [6, 6.07) is 0.421. The van der Waals surface area contributed by atoms with Gasteiger partial charge in [-0.15, -0.1) is 6.58 Å². The molecule has 1 aliphatic rings. The standard InChI is InChI=1S/C12H24N2O/c1-4-6-11(13-7-5-2)12-10-14(3)8-9-15-12/h4,11-13H,1,5-10H2,2-3H3. The number of nitrogens with zero attached hydrogens (tertiary/aromatic N) is 1. The van der Waals surface area contributed by atoms with Crippen molar-refractivity contribution in [3.63, 3.8) is 0 Å². The second-order valence-corrected chi connectivity index (χ2v) is 4.26. The number of hydrogen-bond donors (Lipinski definition) is 1. The predicted octanol–water partition coefficient (Wildman–Crippen LogP) is 1.26. The number of hydrogen-bond acceptors (Lipinski definition) is 3. The maximum atomic E-state index is 5.81. The van der Waals surface area contributed by atoms with E-state index in [-0.39, 0.29) is 0 Å². The highest BCUT2D eigenvalue weighted by atomic mass is 16.5. The van der Waals surface area contributed by atoms with Crippen LogP contribution in [0.15, 0.2) is 12.7 Å². The van der Waals surface area contributed by atoms with E-state index in [4.69, 9.17) is 4.74 Å². The third kappa shape index (κ3) is 4.33. The van der Waals surface area contributed by atoms with Crippen molar-refractivity contribution in [2.45, 2.75) is 31.9 Å². The lowest BCUT2D eigenvalue weighted by Gasteiger charge is -2.35. The van der Waals surface area contributed by atoms with E-state index in [0.717, 1.165) is 39.1 Å². The predicted molar refractivity (Wildman–Crippen MR) is 64.1 cm³/mol. The van der Waals surface area contributed by atoms with Crippen molar-refractivity contribution in [2.24, 2.45) is 0 Å². The molecule has 0 radical (unpaired) electrons. The van der Waals surface area contributed by atoms with Crippen molar-refractivity contribution in [2.75, 3.05) is 33.3 Å². The van der Waals surface area contributed by atoms with Gasteiger partial charge in [-0.25, -0.2) is 0 Å². The van der Waals surface area contributed by atoms with E-state index < -0.39 is 0 Å². The van der Waals surface area contributed by atoms with Crippen molar-refractivity contribution in [3.8, 4) is 0 Å². The third-order valence-corrected chi connectivity index (χ3v) is 2.82. The van der Waals surface area contributed by atoms with Gasteiger partial charge in [-0.3, -0.25) is 0 Å². The van der Waals surface area contributed by atoms with E-state index in [2.05, 4.69) is 30.8 Å². The van der Waals surface area contributed by atoms with Gasteiger partial charge in [-0.2, -0.15) is 0 Å². The molecule has 1 fully saturated rings. The largest absolute Gasteiger partial charge is 0.374 e. The fraction of sp³-hybridized carbons (Fsp3) is 0.833. The Hall–Kier alpha value is -0.380. The molecule has 0 aromatic rings. The summed E-state index contributed by atoms with van der Waals surface area (Å²) >= 11 is 0. The van der Waals surface area contributed by atoms with Gasteiger partial charge in [0.1, 0.15) is 0 Å². The van der Waals surface area contributed by atoms with Gasteiger partial charge in [0.25, 0.3) is 0 Å². The molecule has 0 aliphatic carbocycles. The maximum absolute atomic E-state index is 5.81. The number of morpholine rings is 1. The molecular formula is C12H24N2O. The lowest BCUT2D eigenvalue weighted by Crippen LogP contribution is -2.51. The molecule has 1 aliphatic heterocycles. The molecule has 1 rings (SSSR count). The van der Waals surface area contributed by atoms with Crippen LogP contribution in [0.25, 0.3) is 0 Å². The minimum Gasteiger partial charge on any atom is -0.374 e. The van der Waals surface area contributed by atoms with Gasteiger partial charge in [0.2, 0.25) is 0 Å². The first-order chi connectivity index (χ1) is 7.27. The van der Waals surface area contributed by atoms with Crippen LogP contribution < -0.4 is 5.32 Å². The first-order valence-corrected chi connectivity index (χ1v) is 5.92. The van der Waals surface area contributed by atoms with E-state index in [0.29, 0.717) is 12.1 Å². The summed E-state index contributed by atoms with van der Waals surface area (Å²) in [5, 5.41) is 3.54. The Morgan fingerprint density at radius 2 is 2.47 bits per heavy atom. The van der Waals surface area contributed by atoms with Gasteiger partial charge in [-0.05, 0) is 26.4 Å². The first kappa shape index (κ1) is 12.7. The molecule has 1 heterocycles. The molecule has 3 heteroatoms. The van der Waals surface area contributed by atoms with Crippen molar-refractivity contribution >= 4 is 0 Å². The molecule has 15 heavy (non-hydrogen) atoms. The molecule has 3 nitrogen and oxygen atoms in total. The Bertz CT molecular complexity index is 184. The number of nitrogens with one attached hydrogen (secondary N) is 1. The summed E-state index contributed by atoms with van der Waals surface area (Å²) in [6.07, 6.45) is 4.44. The minimum atomic E-state index is 0.313. The summed E-state index contributed by atoms with van der Waals surface area (Å²) in [6.45, 7) is 9.98. The number of ether oxygens (including phenoxy) is 1. The fourth-order valence-corrected chi connectivity index (χ4v) is 1.93. The molecule has 1 saturated heterocycles. The van der Waals surface area contributed by atoms with Crippen LogP contribution in [0.5, 0.6) is 0 Å². The first-order valence-electron chi connectivity index (χ1n) is 5.92. The van der Waals surface area contributed by atoms with Gasteiger partial charge in [0.05, 0.1) is 12.7 Å². The normalized spacial score (nSPS) is 25.1. The summed E-state index contributed by atoms with van der Waals surface area (Å²) in [7, 11) is 2.15. The van der Waals surface area contributed by atoms with E-state index in [1.54, 1.807) is 0 Å². The van der Waals surface area contributed by atoms with Crippen LogP contribution in [0, 0.1) is 0 Å². The zero-order valence-corrected chi connectivity index (χ0v) is 10.0. The molecule has 0 amide bonds. The highest BCUT2D eigenvalue weighted by molar-refractivity contribution is 4.87. The summed E-state index contributed by atoms with van der Waals surface area (Å²) in [5.74, 6) is 0. The smallest absolute Gasteiger partial charge is 0.0858 e. The average molecular weight is 212 g/mol.